The number of aliphatic imine (C=N–C) groups is 1. The average molecular weight is 280 g/mol. The zero-order chi connectivity index (χ0) is 13.9. The Morgan fingerprint density at radius 3 is 2.47 bits per heavy atom. The lowest BCUT2D eigenvalue weighted by Crippen LogP contribution is -2.22. The Morgan fingerprint density at radius 2 is 1.89 bits per heavy atom. The minimum Gasteiger partial charge on any atom is -0.283 e. The summed E-state index contributed by atoms with van der Waals surface area (Å²) in [5.74, 6) is 0. The second-order valence-corrected chi connectivity index (χ2v) is 6.61. The normalized spacial score (nSPS) is 17.7. The third kappa shape index (κ3) is 3.03. The zero-order valence-electron chi connectivity index (χ0n) is 10.7. The Labute approximate surface area is 112 Å². The van der Waals surface area contributed by atoms with Crippen molar-refractivity contribution in [2.45, 2.75) is 31.2 Å². The van der Waals surface area contributed by atoms with Gasteiger partial charge in [0.1, 0.15) is 5.54 Å². The number of isocyanates is 1. The predicted molar refractivity (Wildman–Crippen MR) is 73.2 cm³/mol. The molecule has 0 spiro atoms. The highest BCUT2D eigenvalue weighted by Crippen LogP contribution is 2.44. The molecule has 102 valence electrons. The van der Waals surface area contributed by atoms with Crippen molar-refractivity contribution in [1.29, 1.82) is 0 Å². The molecule has 1 aliphatic carbocycles. The van der Waals surface area contributed by atoms with Gasteiger partial charge in [-0.2, -0.15) is 4.99 Å². The maximum Gasteiger partial charge on any atom is 0.235 e. The molecule has 0 saturated heterocycles. The Morgan fingerprint density at radius 1 is 1.26 bits per heavy atom. The van der Waals surface area contributed by atoms with Crippen molar-refractivity contribution in [3.8, 4) is 0 Å². The molecule has 1 aromatic carbocycles. The molecule has 5 nitrogen and oxygen atoms in total. The van der Waals surface area contributed by atoms with Crippen LogP contribution in [0.4, 0.5) is 5.69 Å². The van der Waals surface area contributed by atoms with Gasteiger partial charge in [-0.15, -0.1) is 0 Å². The summed E-state index contributed by atoms with van der Waals surface area (Å²) in [7, 11) is -3.36. The van der Waals surface area contributed by atoms with E-state index >= 15 is 0 Å². The molecule has 0 radical (unpaired) electrons. The molecule has 2 rings (SSSR count). The van der Waals surface area contributed by atoms with Gasteiger partial charge in [0.15, 0.2) is 0 Å². The first-order chi connectivity index (χ1) is 8.97. The van der Waals surface area contributed by atoms with Crippen LogP contribution >= 0.6 is 0 Å². The molecule has 19 heavy (non-hydrogen) atoms. The number of rotatable bonds is 4. The summed E-state index contributed by atoms with van der Waals surface area (Å²) in [6.45, 7) is 0. The van der Waals surface area contributed by atoms with Gasteiger partial charge in [-0.3, -0.25) is 4.72 Å². The molecule has 1 fully saturated rings. The van der Waals surface area contributed by atoms with Gasteiger partial charge >= 0.3 is 0 Å². The molecule has 0 amide bonds. The van der Waals surface area contributed by atoms with Gasteiger partial charge in [0.2, 0.25) is 16.1 Å². The van der Waals surface area contributed by atoms with Crippen molar-refractivity contribution >= 4 is 21.8 Å². The fourth-order valence-electron chi connectivity index (χ4n) is 2.67. The van der Waals surface area contributed by atoms with Crippen LogP contribution in [-0.4, -0.2) is 20.8 Å². The van der Waals surface area contributed by atoms with Gasteiger partial charge in [0.05, 0.1) is 11.9 Å². The fraction of sp³-hybridized carbons (Fsp3) is 0.462. The standard InChI is InChI=1S/C13H16N2O3S/c1-19(17,18)15-12-7-3-2-6-11(12)13(14-10-16)8-4-5-9-13/h2-3,6-7,15H,4-5,8-9H2,1H3. The van der Waals surface area contributed by atoms with Crippen LogP contribution in [0.15, 0.2) is 29.3 Å². The van der Waals surface area contributed by atoms with E-state index in [9.17, 15) is 13.2 Å². The van der Waals surface area contributed by atoms with E-state index in [2.05, 4.69) is 9.71 Å². The first kappa shape index (κ1) is 13.8. The van der Waals surface area contributed by atoms with Crippen molar-refractivity contribution in [2.75, 3.05) is 11.0 Å². The molecule has 1 saturated carbocycles. The summed E-state index contributed by atoms with van der Waals surface area (Å²) < 4.78 is 25.3. The maximum atomic E-state index is 11.4. The number of hydrogen-bond acceptors (Lipinski definition) is 4. The molecule has 0 atom stereocenters. The summed E-state index contributed by atoms with van der Waals surface area (Å²) in [4.78, 5) is 14.7. The van der Waals surface area contributed by atoms with Crippen molar-refractivity contribution in [2.24, 2.45) is 4.99 Å². The number of anilines is 1. The van der Waals surface area contributed by atoms with E-state index in [-0.39, 0.29) is 0 Å². The number of nitrogens with zero attached hydrogens (tertiary/aromatic N) is 1. The molecular weight excluding hydrogens is 264 g/mol. The molecule has 0 unspecified atom stereocenters. The van der Waals surface area contributed by atoms with Gasteiger partial charge in [0, 0.05) is 5.56 Å². The van der Waals surface area contributed by atoms with Gasteiger partial charge in [-0.05, 0) is 18.9 Å². The molecule has 0 bridgehead atoms. The Balaban J connectivity index is 2.52. The average Bonchev–Trinajstić information content (AvgIpc) is 2.78. The lowest BCUT2D eigenvalue weighted by Gasteiger charge is -2.25. The molecule has 0 heterocycles. The monoisotopic (exact) mass is 280 g/mol. The number of nitrogens with one attached hydrogen (secondary N) is 1. The number of para-hydroxylation sites is 1. The van der Waals surface area contributed by atoms with E-state index in [4.69, 9.17) is 0 Å². The minimum atomic E-state index is -3.36. The number of sulfonamides is 1. The van der Waals surface area contributed by atoms with Gasteiger partial charge in [-0.25, -0.2) is 13.2 Å². The van der Waals surface area contributed by atoms with E-state index in [0.717, 1.165) is 37.5 Å². The van der Waals surface area contributed by atoms with Crippen LogP contribution in [0, 0.1) is 0 Å². The van der Waals surface area contributed by atoms with E-state index in [1.54, 1.807) is 18.2 Å². The predicted octanol–water partition coefficient (Wildman–Crippen LogP) is 2.16. The molecule has 1 aliphatic rings. The molecule has 0 aliphatic heterocycles. The molecule has 0 aromatic heterocycles. The van der Waals surface area contributed by atoms with Gasteiger partial charge in [-0.1, -0.05) is 31.0 Å². The van der Waals surface area contributed by atoms with Gasteiger partial charge < -0.3 is 0 Å². The highest BCUT2D eigenvalue weighted by Gasteiger charge is 2.37. The fourth-order valence-corrected chi connectivity index (χ4v) is 3.24. The molecule has 6 heteroatoms. The molecule has 1 aromatic rings. The van der Waals surface area contributed by atoms with Crippen molar-refractivity contribution in [1.82, 2.24) is 0 Å². The third-order valence-electron chi connectivity index (χ3n) is 3.41. The van der Waals surface area contributed by atoms with Crippen LogP contribution in [0.3, 0.4) is 0 Å². The second kappa shape index (κ2) is 5.15. The van der Waals surface area contributed by atoms with E-state index in [1.165, 1.54) is 0 Å². The Bertz CT molecular complexity index is 613. The van der Waals surface area contributed by atoms with Gasteiger partial charge in [0.25, 0.3) is 0 Å². The highest BCUT2D eigenvalue weighted by atomic mass is 32.2. The van der Waals surface area contributed by atoms with Crippen LogP contribution in [-0.2, 0) is 20.4 Å². The number of hydrogen-bond donors (Lipinski definition) is 1. The van der Waals surface area contributed by atoms with Crippen LogP contribution < -0.4 is 4.72 Å². The number of carbonyl (C=O) groups excluding carboxylic acids is 1. The van der Waals surface area contributed by atoms with E-state index < -0.39 is 15.6 Å². The van der Waals surface area contributed by atoms with Crippen molar-refractivity contribution < 1.29 is 13.2 Å². The van der Waals surface area contributed by atoms with Crippen molar-refractivity contribution in [3.63, 3.8) is 0 Å². The zero-order valence-corrected chi connectivity index (χ0v) is 11.5. The smallest absolute Gasteiger partial charge is 0.235 e. The minimum absolute atomic E-state index is 0.492. The second-order valence-electron chi connectivity index (χ2n) is 4.86. The number of benzene rings is 1. The van der Waals surface area contributed by atoms with E-state index in [0.29, 0.717) is 5.69 Å². The first-order valence-electron chi connectivity index (χ1n) is 6.13. The van der Waals surface area contributed by atoms with E-state index in [1.807, 2.05) is 12.1 Å². The van der Waals surface area contributed by atoms with Crippen molar-refractivity contribution in [3.05, 3.63) is 29.8 Å². The van der Waals surface area contributed by atoms with Crippen LogP contribution in [0.5, 0.6) is 0 Å². The summed E-state index contributed by atoms with van der Waals surface area (Å²) in [6.07, 6.45) is 6.16. The lowest BCUT2D eigenvalue weighted by atomic mass is 9.88. The molecular formula is C13H16N2O3S. The Hall–Kier alpha value is -1.65. The Kier molecular flexibility index (Phi) is 3.73. The van der Waals surface area contributed by atoms with Crippen LogP contribution in [0.2, 0.25) is 0 Å². The summed E-state index contributed by atoms with van der Waals surface area (Å²) in [6, 6.07) is 7.09. The topological polar surface area (TPSA) is 75.6 Å². The molecule has 1 N–H and O–H groups in total. The van der Waals surface area contributed by atoms with Crippen LogP contribution in [0.1, 0.15) is 31.2 Å². The van der Waals surface area contributed by atoms with Crippen LogP contribution in [0.25, 0.3) is 0 Å². The lowest BCUT2D eigenvalue weighted by molar-refractivity contribution is 0.457. The quantitative estimate of drug-likeness (QED) is 0.678. The largest absolute Gasteiger partial charge is 0.283 e. The SMILES string of the molecule is CS(=O)(=O)Nc1ccccc1C1(N=C=O)CCCC1. The highest BCUT2D eigenvalue weighted by molar-refractivity contribution is 7.92. The maximum absolute atomic E-state index is 11.4. The summed E-state index contributed by atoms with van der Waals surface area (Å²) in [5, 5.41) is 0. The summed E-state index contributed by atoms with van der Waals surface area (Å²) >= 11 is 0. The first-order valence-corrected chi connectivity index (χ1v) is 8.02. The summed E-state index contributed by atoms with van der Waals surface area (Å²) in [5.41, 5.74) is 0.614. The third-order valence-corrected chi connectivity index (χ3v) is 4.00.